The van der Waals surface area contributed by atoms with Crippen molar-refractivity contribution in [2.75, 3.05) is 0 Å². The van der Waals surface area contributed by atoms with Crippen LogP contribution < -0.4 is 9.84 Å². The number of carbonyl (C=O) groups excluding carboxylic acids is 1. The van der Waals surface area contributed by atoms with Gasteiger partial charge in [0.25, 0.3) is 5.22 Å². The van der Waals surface area contributed by atoms with Crippen molar-refractivity contribution in [2.45, 2.75) is 18.8 Å². The molecule has 0 fully saturated rings. The number of rotatable bonds is 7. The second-order valence-corrected chi connectivity index (χ2v) is 6.80. The number of hydrogen-bond acceptors (Lipinski definition) is 7. The number of carboxylic acids is 1. The number of benzene rings is 2. The highest BCUT2D eigenvalue weighted by Crippen LogP contribution is 2.30. The van der Waals surface area contributed by atoms with Gasteiger partial charge in [-0.3, -0.25) is 0 Å². The number of carboxylic acid groups (broad SMARTS) is 1. The minimum atomic E-state index is -1.35. The van der Waals surface area contributed by atoms with Crippen molar-refractivity contribution in [3.05, 3.63) is 75.5 Å². The summed E-state index contributed by atoms with van der Waals surface area (Å²) in [6.45, 7) is 1.87. The van der Waals surface area contributed by atoms with Crippen LogP contribution in [0.5, 0.6) is 5.75 Å². The van der Waals surface area contributed by atoms with Crippen LogP contribution in [-0.2, 0) is 11.4 Å². The van der Waals surface area contributed by atoms with Gasteiger partial charge in [0, 0.05) is 28.0 Å². The lowest BCUT2D eigenvalue weighted by atomic mass is 10.2. The van der Waals surface area contributed by atoms with E-state index < -0.39 is 5.97 Å². The molecule has 138 valence electrons. The minimum absolute atomic E-state index is 0.0764. The van der Waals surface area contributed by atoms with E-state index in [1.807, 2.05) is 18.2 Å². The molecule has 27 heavy (non-hydrogen) atoms. The Morgan fingerprint density at radius 2 is 1.96 bits per heavy atom. The van der Waals surface area contributed by atoms with Gasteiger partial charge < -0.3 is 19.1 Å². The smallest absolute Gasteiger partial charge is 0.281 e. The lowest BCUT2D eigenvalue weighted by Gasteiger charge is -2.12. The zero-order chi connectivity index (χ0) is 19.2. The molecule has 0 saturated heterocycles. The van der Waals surface area contributed by atoms with Crippen molar-refractivity contribution in [1.82, 2.24) is 10.2 Å². The Bertz CT molecular complexity index is 987. The topological polar surface area (TPSA) is 88.3 Å². The van der Waals surface area contributed by atoms with Gasteiger partial charge in [-0.05, 0) is 30.0 Å². The number of thioether (sulfide) groups is 1. The van der Waals surface area contributed by atoms with E-state index in [0.717, 1.165) is 17.3 Å². The average molecular weight is 402 g/mol. The summed E-state index contributed by atoms with van der Waals surface area (Å²) < 4.78 is 11.0. The summed E-state index contributed by atoms with van der Waals surface area (Å²) >= 11 is 6.96. The highest BCUT2D eigenvalue weighted by atomic mass is 35.5. The van der Waals surface area contributed by atoms with E-state index in [9.17, 15) is 9.90 Å². The number of nitrogens with zero attached hydrogens (tertiary/aromatic N) is 2. The molecule has 0 saturated carbocycles. The molecule has 2 aromatic carbocycles. The first-order valence-electron chi connectivity index (χ1n) is 7.89. The Labute approximate surface area is 164 Å². The van der Waals surface area contributed by atoms with Crippen LogP contribution in [0.25, 0.3) is 6.08 Å². The van der Waals surface area contributed by atoms with Crippen molar-refractivity contribution < 1.29 is 19.1 Å². The Morgan fingerprint density at radius 3 is 2.67 bits per heavy atom. The van der Waals surface area contributed by atoms with E-state index in [-0.39, 0.29) is 16.7 Å². The molecule has 6 nitrogen and oxygen atoms in total. The number of para-hydroxylation sites is 1. The van der Waals surface area contributed by atoms with E-state index in [2.05, 4.69) is 10.2 Å². The third-order valence-corrected chi connectivity index (χ3v) is 4.67. The Balaban J connectivity index is 1.83. The minimum Gasteiger partial charge on any atom is -0.544 e. The molecule has 0 bridgehead atoms. The molecule has 0 aliphatic carbocycles. The van der Waals surface area contributed by atoms with Crippen LogP contribution in [-0.4, -0.2) is 16.2 Å². The first kappa shape index (κ1) is 19.0. The zero-order valence-electron chi connectivity index (χ0n) is 14.2. The van der Waals surface area contributed by atoms with E-state index >= 15 is 0 Å². The predicted octanol–water partition coefficient (Wildman–Crippen LogP) is 3.49. The molecule has 0 spiro atoms. The van der Waals surface area contributed by atoms with Gasteiger partial charge in [0.2, 0.25) is 5.89 Å². The van der Waals surface area contributed by atoms with Crippen LogP contribution in [0.1, 0.15) is 17.0 Å². The van der Waals surface area contributed by atoms with Gasteiger partial charge in [0.15, 0.2) is 0 Å². The number of carbonyl (C=O) groups is 1. The number of aryl methyl sites for hydroxylation is 1. The van der Waals surface area contributed by atoms with E-state index in [1.54, 1.807) is 37.3 Å². The predicted molar refractivity (Wildman–Crippen MR) is 100 cm³/mol. The van der Waals surface area contributed by atoms with Crippen LogP contribution in [0.15, 0.2) is 63.1 Å². The van der Waals surface area contributed by atoms with Crippen LogP contribution in [0.3, 0.4) is 0 Å². The molecule has 0 N–H and O–H groups in total. The lowest BCUT2D eigenvalue weighted by molar-refractivity contribution is -0.298. The molecule has 0 amide bonds. The summed E-state index contributed by atoms with van der Waals surface area (Å²) in [6, 6.07) is 14.4. The Kier molecular flexibility index (Phi) is 6.16. The fraction of sp³-hybridized carbons (Fsp3) is 0.105. The first-order valence-corrected chi connectivity index (χ1v) is 9.08. The number of halogens is 1. The van der Waals surface area contributed by atoms with Gasteiger partial charge in [-0.2, -0.15) is 0 Å². The Hall–Kier alpha value is -2.77. The maximum Gasteiger partial charge on any atom is 0.281 e. The second-order valence-electron chi connectivity index (χ2n) is 5.40. The number of ether oxygens (including phenoxy) is 1. The highest BCUT2D eigenvalue weighted by Gasteiger charge is 2.11. The van der Waals surface area contributed by atoms with Crippen molar-refractivity contribution in [3.63, 3.8) is 0 Å². The molecule has 3 rings (SSSR count). The molecule has 3 aromatic rings. The number of hydrogen-bond donors (Lipinski definition) is 0. The Morgan fingerprint density at radius 1 is 1.22 bits per heavy atom. The van der Waals surface area contributed by atoms with Crippen LogP contribution in [0, 0.1) is 6.92 Å². The van der Waals surface area contributed by atoms with Crippen LogP contribution in [0.4, 0.5) is 0 Å². The maximum absolute atomic E-state index is 11.5. The summed E-state index contributed by atoms with van der Waals surface area (Å²) in [6.07, 6.45) is 1.45. The van der Waals surface area contributed by atoms with Crippen molar-refractivity contribution in [3.8, 4) is 5.75 Å². The zero-order valence-corrected chi connectivity index (χ0v) is 15.8. The van der Waals surface area contributed by atoms with Crippen molar-refractivity contribution in [1.29, 1.82) is 0 Å². The number of aliphatic carboxylic acids is 1. The third kappa shape index (κ3) is 5.12. The van der Waals surface area contributed by atoms with Gasteiger partial charge in [0.1, 0.15) is 12.4 Å². The van der Waals surface area contributed by atoms with Gasteiger partial charge in [-0.15, -0.1) is 10.2 Å². The molecule has 0 radical (unpaired) electrons. The summed E-state index contributed by atoms with van der Waals surface area (Å²) in [5, 5.41) is 19.7. The highest BCUT2D eigenvalue weighted by molar-refractivity contribution is 8.03. The van der Waals surface area contributed by atoms with Crippen molar-refractivity contribution >= 4 is 35.4 Å². The monoisotopic (exact) mass is 401 g/mol. The molecule has 8 heteroatoms. The third-order valence-electron chi connectivity index (χ3n) is 3.45. The largest absolute Gasteiger partial charge is 0.544 e. The fourth-order valence-electron chi connectivity index (χ4n) is 2.19. The second kappa shape index (κ2) is 8.75. The van der Waals surface area contributed by atoms with Gasteiger partial charge in [-0.1, -0.05) is 48.0 Å². The molecule has 1 heterocycles. The van der Waals surface area contributed by atoms with E-state index in [4.69, 9.17) is 20.8 Å². The van der Waals surface area contributed by atoms with Crippen LogP contribution >= 0.6 is 23.4 Å². The summed E-state index contributed by atoms with van der Waals surface area (Å²) in [5.41, 5.74) is 1.40. The molecule has 0 unspecified atom stereocenters. The van der Waals surface area contributed by atoms with E-state index in [1.165, 1.54) is 6.08 Å². The first-order chi connectivity index (χ1) is 13.0. The van der Waals surface area contributed by atoms with Crippen molar-refractivity contribution in [2.24, 2.45) is 0 Å². The summed E-state index contributed by atoms with van der Waals surface area (Å²) in [7, 11) is 0. The molecule has 1 aromatic heterocycles. The van der Waals surface area contributed by atoms with Gasteiger partial charge >= 0.3 is 0 Å². The SMILES string of the molecule is Cc1nnc(S/C(=C/c2ccccc2OCc2ccccc2Cl)C(=O)[O-])o1. The quantitative estimate of drug-likeness (QED) is 0.442. The normalized spacial score (nSPS) is 11.4. The molecular formula is C19H14ClN2O4S-. The lowest BCUT2D eigenvalue weighted by Crippen LogP contribution is -2.23. The summed E-state index contributed by atoms with van der Waals surface area (Å²) in [5.74, 6) is -0.492. The molecule has 0 aliphatic heterocycles. The summed E-state index contributed by atoms with van der Waals surface area (Å²) in [4.78, 5) is 11.4. The molecular weight excluding hydrogens is 388 g/mol. The van der Waals surface area contributed by atoms with Gasteiger partial charge in [0.05, 0.1) is 5.97 Å². The average Bonchev–Trinajstić information content (AvgIpc) is 3.06. The molecule has 0 aliphatic rings. The van der Waals surface area contributed by atoms with Crippen LogP contribution in [0.2, 0.25) is 5.02 Å². The standard InChI is InChI=1S/C19H15ClN2O4S/c1-12-21-22-19(26-12)27-17(18(23)24)10-13-6-3-5-9-16(13)25-11-14-7-2-4-8-15(14)20/h2-10H,11H2,1H3,(H,23,24)/p-1/b17-10+. The maximum atomic E-state index is 11.5. The number of aromatic nitrogens is 2. The van der Waals surface area contributed by atoms with E-state index in [0.29, 0.717) is 22.2 Å². The molecule has 0 atom stereocenters. The van der Waals surface area contributed by atoms with Gasteiger partial charge in [-0.25, -0.2) is 0 Å². The fourth-order valence-corrected chi connectivity index (χ4v) is 3.08.